The van der Waals surface area contributed by atoms with Gasteiger partial charge < -0.3 is 15.0 Å². The first-order chi connectivity index (χ1) is 19.0. The Morgan fingerprint density at radius 1 is 0.976 bits per heavy atom. The van der Waals surface area contributed by atoms with E-state index >= 15 is 0 Å². The number of halogens is 6. The molecule has 3 aromatic rings. The topological polar surface area (TPSA) is 102 Å². The van der Waals surface area contributed by atoms with Crippen molar-refractivity contribution in [3.8, 4) is 5.82 Å². The van der Waals surface area contributed by atoms with E-state index in [2.05, 4.69) is 20.4 Å². The fourth-order valence-electron chi connectivity index (χ4n) is 4.47. The largest absolute Gasteiger partial charge is 0.416 e. The fourth-order valence-corrected chi connectivity index (χ4v) is 4.47. The van der Waals surface area contributed by atoms with Crippen LogP contribution in [0.4, 0.5) is 26.3 Å². The number of aromatic nitrogens is 4. The second-order valence-electron chi connectivity index (χ2n) is 9.79. The van der Waals surface area contributed by atoms with E-state index in [1.807, 2.05) is 13.8 Å². The van der Waals surface area contributed by atoms with Gasteiger partial charge in [-0.1, -0.05) is 0 Å². The van der Waals surface area contributed by atoms with Crippen molar-refractivity contribution in [1.29, 1.82) is 0 Å². The van der Waals surface area contributed by atoms with Gasteiger partial charge >= 0.3 is 12.4 Å². The van der Waals surface area contributed by atoms with Crippen LogP contribution >= 0.6 is 0 Å². The van der Waals surface area contributed by atoms with Gasteiger partial charge in [0.1, 0.15) is 5.82 Å². The molecule has 0 bridgehead atoms. The lowest BCUT2D eigenvalue weighted by Crippen LogP contribution is -2.48. The monoisotopic (exact) mass is 584 g/mol. The Kier molecular flexibility index (Phi) is 8.11. The van der Waals surface area contributed by atoms with Gasteiger partial charge in [0.05, 0.1) is 34.9 Å². The Hall–Kier alpha value is -4.01. The summed E-state index contributed by atoms with van der Waals surface area (Å²) in [6.45, 7) is 7.57. The number of benzene rings is 1. The number of ether oxygens (including phenoxy) is 1. The zero-order chi connectivity index (χ0) is 30.3. The molecule has 2 amide bonds. The minimum absolute atomic E-state index is 0.0551. The number of carbonyl (C=O) groups is 2. The smallest absolute Gasteiger partial charge is 0.372 e. The zero-order valence-electron chi connectivity index (χ0n) is 22.3. The van der Waals surface area contributed by atoms with Gasteiger partial charge in [0.2, 0.25) is 0 Å². The summed E-state index contributed by atoms with van der Waals surface area (Å²) in [5.41, 5.74) is -3.72. The van der Waals surface area contributed by atoms with Gasteiger partial charge in [-0.2, -0.15) is 31.0 Å². The van der Waals surface area contributed by atoms with Gasteiger partial charge in [-0.3, -0.25) is 9.59 Å². The molecule has 1 fully saturated rings. The third-order valence-electron chi connectivity index (χ3n) is 6.24. The SMILES string of the molecule is Cc1nc([C@H](C)NC(=O)c2cc(C(F)(F)F)cc(C(F)(F)F)c2)n(-c2ccc(C(=O)N3C[C@@H](C)O[C@H](C)C3)cn2)n1. The minimum atomic E-state index is -5.10. The number of aryl methyl sites for hydroxylation is 1. The Morgan fingerprint density at radius 3 is 2.07 bits per heavy atom. The number of alkyl halides is 6. The number of hydrogen-bond donors (Lipinski definition) is 1. The highest BCUT2D eigenvalue weighted by Gasteiger charge is 2.38. The lowest BCUT2D eigenvalue weighted by Gasteiger charge is -2.35. The summed E-state index contributed by atoms with van der Waals surface area (Å²) in [5.74, 6) is -0.815. The van der Waals surface area contributed by atoms with E-state index in [4.69, 9.17) is 4.74 Å². The van der Waals surface area contributed by atoms with Crippen LogP contribution in [0.3, 0.4) is 0 Å². The van der Waals surface area contributed by atoms with Crippen LogP contribution in [-0.2, 0) is 17.1 Å². The summed E-state index contributed by atoms with van der Waals surface area (Å²) >= 11 is 0. The quantitative estimate of drug-likeness (QED) is 0.435. The van der Waals surface area contributed by atoms with Gasteiger partial charge in [-0.25, -0.2) is 9.97 Å². The van der Waals surface area contributed by atoms with Gasteiger partial charge in [0.25, 0.3) is 11.8 Å². The molecule has 1 aromatic carbocycles. The highest BCUT2D eigenvalue weighted by Crippen LogP contribution is 2.36. The van der Waals surface area contributed by atoms with Crippen molar-refractivity contribution in [3.63, 3.8) is 0 Å². The van der Waals surface area contributed by atoms with E-state index in [-0.39, 0.29) is 41.6 Å². The number of nitrogens with zero attached hydrogens (tertiary/aromatic N) is 5. The van der Waals surface area contributed by atoms with E-state index in [0.717, 1.165) is 0 Å². The number of morpholine rings is 1. The van der Waals surface area contributed by atoms with Crippen molar-refractivity contribution in [2.75, 3.05) is 13.1 Å². The summed E-state index contributed by atoms with van der Waals surface area (Å²) in [6.07, 6.45) is -9.09. The molecule has 9 nitrogen and oxygen atoms in total. The summed E-state index contributed by atoms with van der Waals surface area (Å²) in [6, 6.07) is 2.68. The molecule has 0 radical (unpaired) electrons. The summed E-state index contributed by atoms with van der Waals surface area (Å²) in [4.78, 5) is 35.9. The normalized spacial score (nSPS) is 18.7. The molecule has 0 unspecified atom stereocenters. The second kappa shape index (κ2) is 11.1. The van der Waals surface area contributed by atoms with Crippen LogP contribution in [0.1, 0.15) is 70.3 Å². The third-order valence-corrected chi connectivity index (χ3v) is 6.24. The van der Waals surface area contributed by atoms with Crippen LogP contribution in [0, 0.1) is 6.92 Å². The maximum atomic E-state index is 13.2. The predicted molar refractivity (Wildman–Crippen MR) is 132 cm³/mol. The Balaban J connectivity index is 1.56. The van der Waals surface area contributed by atoms with Crippen LogP contribution in [0.5, 0.6) is 0 Å². The van der Waals surface area contributed by atoms with Crippen LogP contribution in [0.2, 0.25) is 0 Å². The predicted octanol–water partition coefficient (Wildman–Crippen LogP) is 4.75. The molecule has 1 aliphatic heterocycles. The average molecular weight is 585 g/mol. The van der Waals surface area contributed by atoms with Crippen LogP contribution in [-0.4, -0.2) is 61.8 Å². The maximum Gasteiger partial charge on any atom is 0.416 e. The maximum absolute atomic E-state index is 13.2. The molecule has 1 aliphatic rings. The third kappa shape index (κ3) is 6.84. The summed E-state index contributed by atoms with van der Waals surface area (Å²) in [5, 5.41) is 6.62. The van der Waals surface area contributed by atoms with Gasteiger partial charge in [-0.15, -0.1) is 5.10 Å². The Bertz CT molecular complexity index is 1390. The second-order valence-corrected chi connectivity index (χ2v) is 9.79. The molecule has 3 atom stereocenters. The lowest BCUT2D eigenvalue weighted by molar-refractivity contribution is -0.143. The number of pyridine rings is 1. The van der Waals surface area contributed by atoms with Crippen molar-refractivity contribution in [2.45, 2.75) is 58.3 Å². The van der Waals surface area contributed by atoms with Gasteiger partial charge in [0, 0.05) is 24.8 Å². The molecule has 3 heterocycles. The van der Waals surface area contributed by atoms with E-state index < -0.39 is 41.0 Å². The molecule has 4 rings (SSSR count). The number of nitrogens with one attached hydrogen (secondary N) is 1. The van der Waals surface area contributed by atoms with Crippen LogP contribution in [0.25, 0.3) is 5.82 Å². The fraction of sp³-hybridized carbons (Fsp3) is 0.423. The summed E-state index contributed by atoms with van der Waals surface area (Å²) < 4.78 is 86.3. The van der Waals surface area contributed by atoms with Crippen molar-refractivity contribution < 1.29 is 40.7 Å². The number of carbonyl (C=O) groups excluding carboxylic acids is 2. The number of amides is 2. The Morgan fingerprint density at radius 2 is 1.56 bits per heavy atom. The molecule has 41 heavy (non-hydrogen) atoms. The molecule has 1 saturated heterocycles. The van der Waals surface area contributed by atoms with Crippen molar-refractivity contribution >= 4 is 11.8 Å². The summed E-state index contributed by atoms with van der Waals surface area (Å²) in [7, 11) is 0. The van der Waals surface area contributed by atoms with Crippen molar-refractivity contribution in [1.82, 2.24) is 30.0 Å². The molecule has 220 valence electrons. The average Bonchev–Trinajstić information content (AvgIpc) is 3.28. The number of rotatable bonds is 5. The van der Waals surface area contributed by atoms with Gasteiger partial charge in [0.15, 0.2) is 11.6 Å². The lowest BCUT2D eigenvalue weighted by atomic mass is 10.0. The van der Waals surface area contributed by atoms with E-state index in [1.165, 1.54) is 23.9 Å². The molecule has 0 saturated carbocycles. The molecule has 0 aliphatic carbocycles. The minimum Gasteiger partial charge on any atom is -0.372 e. The van der Waals surface area contributed by atoms with E-state index in [0.29, 0.717) is 30.8 Å². The van der Waals surface area contributed by atoms with Crippen LogP contribution in [0.15, 0.2) is 36.5 Å². The highest BCUT2D eigenvalue weighted by atomic mass is 19.4. The van der Waals surface area contributed by atoms with Crippen LogP contribution < -0.4 is 5.32 Å². The molecule has 2 aromatic heterocycles. The Labute approximate surface area is 230 Å². The first-order valence-corrected chi connectivity index (χ1v) is 12.5. The van der Waals surface area contributed by atoms with Crippen molar-refractivity contribution in [2.24, 2.45) is 0 Å². The highest BCUT2D eigenvalue weighted by molar-refractivity contribution is 5.95. The molecule has 1 N–H and O–H groups in total. The molecular formula is C26H26F6N6O3. The molecular weight excluding hydrogens is 558 g/mol. The van der Waals surface area contributed by atoms with Crippen molar-refractivity contribution in [3.05, 3.63) is 70.4 Å². The first-order valence-electron chi connectivity index (χ1n) is 12.5. The van der Waals surface area contributed by atoms with E-state index in [9.17, 15) is 35.9 Å². The first kappa shape index (κ1) is 30.0. The zero-order valence-corrected chi connectivity index (χ0v) is 22.3. The standard InChI is InChI=1S/C26H26F6N6O3/c1-13-11-37(12-14(2)41-13)24(40)17-5-6-21(33-10-17)38-22(35-16(4)36-38)15(3)34-23(39)18-7-19(25(27,28)29)9-20(8-18)26(30,31)32/h5-10,13-15H,11-12H2,1-4H3,(H,34,39)/t13-,14-,15+/m1/s1. The molecule has 15 heteroatoms. The van der Waals surface area contributed by atoms with E-state index in [1.54, 1.807) is 17.9 Å². The molecule has 0 spiro atoms. The van der Waals surface area contributed by atoms with Gasteiger partial charge in [-0.05, 0) is 58.0 Å². The number of hydrogen-bond acceptors (Lipinski definition) is 6.